The maximum absolute atomic E-state index is 13.1. The van der Waals surface area contributed by atoms with Crippen molar-refractivity contribution >= 4 is 10.9 Å². The van der Waals surface area contributed by atoms with Crippen LogP contribution >= 0.6 is 0 Å². The highest BCUT2D eigenvalue weighted by molar-refractivity contribution is 5.80. The molecule has 4 heterocycles. The Hall–Kier alpha value is -4.18. The topological polar surface area (TPSA) is 115 Å². The zero-order valence-electron chi connectivity index (χ0n) is 20.4. The second-order valence-corrected chi connectivity index (χ2v) is 9.02. The van der Waals surface area contributed by atoms with Gasteiger partial charge in [-0.1, -0.05) is 13.8 Å². The van der Waals surface area contributed by atoms with Crippen LogP contribution in [0.3, 0.4) is 0 Å². The number of aromatic amines is 1. The summed E-state index contributed by atoms with van der Waals surface area (Å²) in [6.07, 6.45) is 3.28. The molecule has 36 heavy (non-hydrogen) atoms. The molecule has 0 aliphatic heterocycles. The normalized spacial score (nSPS) is 12.6. The third-order valence-electron chi connectivity index (χ3n) is 6.18. The molecule has 5 rings (SSSR count). The first-order chi connectivity index (χ1) is 17.5. The van der Waals surface area contributed by atoms with Crippen LogP contribution in [0, 0.1) is 5.92 Å². The predicted octanol–water partition coefficient (Wildman–Crippen LogP) is 4.16. The molecule has 0 aliphatic rings. The summed E-state index contributed by atoms with van der Waals surface area (Å²) in [5.41, 5.74) is 1.23. The first-order valence-electron chi connectivity index (χ1n) is 11.8. The number of rotatable bonds is 10. The lowest BCUT2D eigenvalue weighted by Crippen LogP contribution is -2.35. The van der Waals surface area contributed by atoms with Gasteiger partial charge in [0.15, 0.2) is 5.82 Å². The molecule has 10 nitrogen and oxygen atoms in total. The number of nitrogens with zero attached hydrogens (tertiary/aromatic N) is 5. The van der Waals surface area contributed by atoms with Gasteiger partial charge in [0, 0.05) is 23.0 Å². The second-order valence-electron chi connectivity index (χ2n) is 9.02. The zero-order chi connectivity index (χ0) is 25.1. The van der Waals surface area contributed by atoms with Crippen molar-refractivity contribution in [3.05, 3.63) is 94.3 Å². The average Bonchev–Trinajstić information content (AvgIpc) is 3.64. The Kier molecular flexibility index (Phi) is 6.68. The minimum Gasteiger partial charge on any atom is -0.497 e. The molecular weight excluding hydrogens is 460 g/mol. The summed E-state index contributed by atoms with van der Waals surface area (Å²) in [5, 5.41) is 13.5. The van der Waals surface area contributed by atoms with Crippen LogP contribution in [0.25, 0.3) is 10.9 Å². The van der Waals surface area contributed by atoms with E-state index in [1.165, 1.54) is 0 Å². The molecule has 1 atom stereocenters. The van der Waals surface area contributed by atoms with E-state index in [1.54, 1.807) is 24.3 Å². The second kappa shape index (κ2) is 10.2. The molecule has 0 bridgehead atoms. The van der Waals surface area contributed by atoms with E-state index in [0.717, 1.165) is 28.2 Å². The molecule has 1 N–H and O–H groups in total. The van der Waals surface area contributed by atoms with Gasteiger partial charge in [0.25, 0.3) is 5.56 Å². The standard InChI is InChI=1S/C26H28N6O4/c1-17(2)24(25-28-29-30-32(25)16-22-7-5-11-36-22)31(15-21-6-4-10-35-21)14-19-12-18-13-20(34-3)8-9-23(18)27-26(19)33/h4-13,17,24H,14-16H2,1-3H3,(H,27,33)/t24-/m0/s1. The number of hydrogen-bond donors (Lipinski definition) is 1. The number of H-pyrrole nitrogens is 1. The van der Waals surface area contributed by atoms with Gasteiger partial charge in [0.05, 0.1) is 32.2 Å². The smallest absolute Gasteiger partial charge is 0.252 e. The van der Waals surface area contributed by atoms with Gasteiger partial charge >= 0.3 is 0 Å². The molecule has 0 spiro atoms. The molecule has 4 aromatic heterocycles. The number of ether oxygens (including phenoxy) is 1. The summed E-state index contributed by atoms with van der Waals surface area (Å²) in [6, 6.07) is 14.8. The number of hydrogen-bond acceptors (Lipinski definition) is 8. The van der Waals surface area contributed by atoms with E-state index < -0.39 is 0 Å². The molecule has 0 radical (unpaired) electrons. The summed E-state index contributed by atoms with van der Waals surface area (Å²) in [5.74, 6) is 3.08. The Bertz CT molecular complexity index is 1470. The van der Waals surface area contributed by atoms with E-state index in [-0.39, 0.29) is 17.5 Å². The highest BCUT2D eigenvalue weighted by Crippen LogP contribution is 2.31. The quantitative estimate of drug-likeness (QED) is 0.312. The molecule has 0 aliphatic carbocycles. The van der Waals surface area contributed by atoms with Crippen molar-refractivity contribution in [3.8, 4) is 5.75 Å². The van der Waals surface area contributed by atoms with Crippen LogP contribution in [0.5, 0.6) is 5.75 Å². The molecule has 0 saturated carbocycles. The maximum Gasteiger partial charge on any atom is 0.252 e. The highest BCUT2D eigenvalue weighted by atomic mass is 16.5. The summed E-state index contributed by atoms with van der Waals surface area (Å²) in [4.78, 5) is 18.3. The number of fused-ring (bicyclic) bond motifs is 1. The van der Waals surface area contributed by atoms with Crippen molar-refractivity contribution in [1.82, 2.24) is 30.1 Å². The molecule has 0 unspecified atom stereocenters. The number of pyridine rings is 1. The number of benzene rings is 1. The minimum absolute atomic E-state index is 0.126. The van der Waals surface area contributed by atoms with Gasteiger partial charge < -0.3 is 18.6 Å². The Morgan fingerprint density at radius 3 is 2.53 bits per heavy atom. The summed E-state index contributed by atoms with van der Waals surface area (Å²) >= 11 is 0. The van der Waals surface area contributed by atoms with E-state index in [1.807, 2.05) is 48.5 Å². The van der Waals surface area contributed by atoms with Gasteiger partial charge in [-0.25, -0.2) is 4.68 Å². The first-order valence-corrected chi connectivity index (χ1v) is 11.8. The fourth-order valence-corrected chi connectivity index (χ4v) is 4.52. The number of aromatic nitrogens is 5. The van der Waals surface area contributed by atoms with Gasteiger partial charge in [0.1, 0.15) is 23.8 Å². The summed E-state index contributed by atoms with van der Waals surface area (Å²) in [7, 11) is 1.62. The molecule has 186 valence electrons. The van der Waals surface area contributed by atoms with E-state index in [4.69, 9.17) is 13.6 Å². The van der Waals surface area contributed by atoms with E-state index in [0.29, 0.717) is 31.0 Å². The lowest BCUT2D eigenvalue weighted by atomic mass is 10.00. The summed E-state index contributed by atoms with van der Waals surface area (Å²) in [6.45, 7) is 5.46. The monoisotopic (exact) mass is 488 g/mol. The Labute approximate surface area is 207 Å². The lowest BCUT2D eigenvalue weighted by Gasteiger charge is -2.32. The average molecular weight is 489 g/mol. The van der Waals surface area contributed by atoms with Crippen molar-refractivity contribution in [3.63, 3.8) is 0 Å². The Balaban J connectivity index is 1.54. The van der Waals surface area contributed by atoms with Gasteiger partial charge in [-0.15, -0.1) is 5.10 Å². The Morgan fingerprint density at radius 1 is 1.06 bits per heavy atom. The van der Waals surface area contributed by atoms with Crippen LogP contribution in [0.4, 0.5) is 0 Å². The number of methoxy groups -OCH3 is 1. The van der Waals surface area contributed by atoms with Crippen molar-refractivity contribution in [1.29, 1.82) is 0 Å². The van der Waals surface area contributed by atoms with Crippen molar-refractivity contribution < 1.29 is 13.6 Å². The van der Waals surface area contributed by atoms with Gasteiger partial charge in [-0.2, -0.15) is 0 Å². The number of tetrazole rings is 1. The van der Waals surface area contributed by atoms with Crippen LogP contribution in [0.15, 0.2) is 74.7 Å². The van der Waals surface area contributed by atoms with Crippen molar-refractivity contribution in [2.24, 2.45) is 5.92 Å². The van der Waals surface area contributed by atoms with Gasteiger partial charge in [-0.05, 0) is 64.9 Å². The van der Waals surface area contributed by atoms with E-state index in [9.17, 15) is 4.79 Å². The van der Waals surface area contributed by atoms with Crippen LogP contribution in [-0.4, -0.2) is 37.2 Å². The summed E-state index contributed by atoms with van der Waals surface area (Å²) < 4.78 is 18.3. The zero-order valence-corrected chi connectivity index (χ0v) is 20.4. The third kappa shape index (κ3) is 4.94. The fourth-order valence-electron chi connectivity index (χ4n) is 4.52. The SMILES string of the molecule is COc1ccc2[nH]c(=O)c(CN(Cc3ccco3)[C@H](c3nnnn3Cc3ccco3)C(C)C)cc2c1. The van der Waals surface area contributed by atoms with Crippen LogP contribution in [0.1, 0.15) is 42.8 Å². The molecule has 5 aromatic rings. The Morgan fingerprint density at radius 2 is 1.83 bits per heavy atom. The molecule has 0 fully saturated rings. The number of nitrogens with one attached hydrogen (secondary N) is 1. The van der Waals surface area contributed by atoms with E-state index in [2.05, 4.69) is 39.3 Å². The molecular formula is C26H28N6O4. The molecule has 10 heteroatoms. The largest absolute Gasteiger partial charge is 0.497 e. The lowest BCUT2D eigenvalue weighted by molar-refractivity contribution is 0.116. The van der Waals surface area contributed by atoms with Crippen LogP contribution in [0.2, 0.25) is 0 Å². The molecule has 0 saturated heterocycles. The van der Waals surface area contributed by atoms with Crippen molar-refractivity contribution in [2.75, 3.05) is 7.11 Å². The van der Waals surface area contributed by atoms with Crippen molar-refractivity contribution in [2.45, 2.75) is 39.5 Å². The number of furan rings is 2. The fraction of sp³-hybridized carbons (Fsp3) is 0.308. The van der Waals surface area contributed by atoms with Gasteiger partial charge in [-0.3, -0.25) is 9.69 Å². The van der Waals surface area contributed by atoms with Crippen LogP contribution in [-0.2, 0) is 19.6 Å². The predicted molar refractivity (Wildman–Crippen MR) is 132 cm³/mol. The van der Waals surface area contributed by atoms with E-state index >= 15 is 0 Å². The minimum atomic E-state index is -0.208. The van der Waals surface area contributed by atoms with Crippen LogP contribution < -0.4 is 10.3 Å². The highest BCUT2D eigenvalue weighted by Gasteiger charge is 2.31. The molecule has 1 aromatic carbocycles. The molecule has 0 amide bonds. The first kappa shape index (κ1) is 23.6. The van der Waals surface area contributed by atoms with Gasteiger partial charge in [0.2, 0.25) is 0 Å². The maximum atomic E-state index is 13.1. The third-order valence-corrected chi connectivity index (χ3v) is 6.18.